The van der Waals surface area contributed by atoms with Gasteiger partial charge in [0.15, 0.2) is 5.82 Å². The van der Waals surface area contributed by atoms with Crippen LogP contribution in [0.1, 0.15) is 44.3 Å². The highest BCUT2D eigenvalue weighted by atomic mass is 16.5. The molecule has 0 spiro atoms. The Morgan fingerprint density at radius 3 is 3.13 bits per heavy atom. The van der Waals surface area contributed by atoms with Crippen molar-refractivity contribution < 1.29 is 9.32 Å². The fourth-order valence-electron chi connectivity index (χ4n) is 3.05. The van der Waals surface area contributed by atoms with Gasteiger partial charge in [-0.15, -0.1) is 0 Å². The van der Waals surface area contributed by atoms with Crippen LogP contribution < -0.4 is 0 Å². The quantitative estimate of drug-likeness (QED) is 0.779. The molecule has 1 amide bonds. The molecule has 1 saturated heterocycles. The first-order valence-corrected chi connectivity index (χ1v) is 8.34. The summed E-state index contributed by atoms with van der Waals surface area (Å²) in [5.41, 5.74) is 0. The van der Waals surface area contributed by atoms with E-state index in [1.807, 2.05) is 21.8 Å². The average molecular weight is 317 g/mol. The standard InChI is InChI=1S/C16H23N5O2/c1-2-5-14-18-15(23-19-14)7-8-16(22)21-11-3-6-13(21)12-20-10-4-9-17-20/h4,9-10,13H,2-3,5-8,11-12H2,1H3/t13-/m1/s1. The third-order valence-corrected chi connectivity index (χ3v) is 4.19. The van der Waals surface area contributed by atoms with Crippen molar-refractivity contribution >= 4 is 5.91 Å². The molecule has 0 bridgehead atoms. The molecular weight excluding hydrogens is 294 g/mol. The SMILES string of the molecule is CCCc1noc(CCC(=O)N2CCC[C@@H]2Cn2cccn2)n1. The van der Waals surface area contributed by atoms with Crippen molar-refractivity contribution in [1.82, 2.24) is 24.8 Å². The van der Waals surface area contributed by atoms with E-state index in [9.17, 15) is 4.79 Å². The average Bonchev–Trinajstić information content (AvgIpc) is 3.27. The zero-order valence-corrected chi connectivity index (χ0v) is 13.5. The number of amides is 1. The molecule has 7 nitrogen and oxygen atoms in total. The highest BCUT2D eigenvalue weighted by molar-refractivity contribution is 5.77. The molecule has 2 aromatic heterocycles. The first-order chi connectivity index (χ1) is 11.3. The first-order valence-electron chi connectivity index (χ1n) is 8.34. The van der Waals surface area contributed by atoms with E-state index in [0.29, 0.717) is 18.7 Å². The highest BCUT2D eigenvalue weighted by Gasteiger charge is 2.29. The molecule has 1 fully saturated rings. The van der Waals surface area contributed by atoms with Crippen molar-refractivity contribution in [2.75, 3.05) is 6.54 Å². The summed E-state index contributed by atoms with van der Waals surface area (Å²) < 4.78 is 7.09. The largest absolute Gasteiger partial charge is 0.339 e. The van der Waals surface area contributed by atoms with Crippen molar-refractivity contribution in [2.45, 2.75) is 58.0 Å². The van der Waals surface area contributed by atoms with Gasteiger partial charge in [-0.2, -0.15) is 10.1 Å². The lowest BCUT2D eigenvalue weighted by atomic mass is 10.2. The van der Waals surface area contributed by atoms with Gasteiger partial charge in [-0.25, -0.2) is 0 Å². The Balaban J connectivity index is 1.52. The lowest BCUT2D eigenvalue weighted by Crippen LogP contribution is -2.38. The minimum absolute atomic E-state index is 0.162. The summed E-state index contributed by atoms with van der Waals surface area (Å²) >= 11 is 0. The van der Waals surface area contributed by atoms with Crippen molar-refractivity contribution in [3.05, 3.63) is 30.2 Å². The van der Waals surface area contributed by atoms with Gasteiger partial charge in [-0.1, -0.05) is 12.1 Å². The van der Waals surface area contributed by atoms with E-state index < -0.39 is 0 Å². The third kappa shape index (κ3) is 3.97. The van der Waals surface area contributed by atoms with Crippen LogP contribution in [0.4, 0.5) is 0 Å². The minimum Gasteiger partial charge on any atom is -0.339 e. The van der Waals surface area contributed by atoms with Gasteiger partial charge in [0.05, 0.1) is 12.6 Å². The molecule has 1 atom stereocenters. The number of rotatable bonds is 7. The summed E-state index contributed by atoms with van der Waals surface area (Å²) in [6.45, 7) is 3.67. The summed E-state index contributed by atoms with van der Waals surface area (Å²) in [5.74, 6) is 1.45. The normalized spacial score (nSPS) is 17.8. The van der Waals surface area contributed by atoms with Gasteiger partial charge < -0.3 is 9.42 Å². The van der Waals surface area contributed by atoms with Gasteiger partial charge in [0.25, 0.3) is 0 Å². The van der Waals surface area contributed by atoms with E-state index in [1.54, 1.807) is 6.20 Å². The number of hydrogen-bond acceptors (Lipinski definition) is 5. The summed E-state index contributed by atoms with van der Waals surface area (Å²) in [6, 6.07) is 2.14. The Morgan fingerprint density at radius 2 is 2.35 bits per heavy atom. The molecule has 1 aliphatic rings. The molecule has 1 aliphatic heterocycles. The molecule has 2 aromatic rings. The van der Waals surface area contributed by atoms with Gasteiger partial charge in [0, 0.05) is 38.2 Å². The first kappa shape index (κ1) is 15.7. The maximum atomic E-state index is 12.5. The third-order valence-electron chi connectivity index (χ3n) is 4.19. The number of nitrogens with zero attached hydrogens (tertiary/aromatic N) is 5. The lowest BCUT2D eigenvalue weighted by molar-refractivity contribution is -0.132. The van der Waals surface area contributed by atoms with Gasteiger partial charge in [-0.05, 0) is 25.3 Å². The predicted octanol–water partition coefficient (Wildman–Crippen LogP) is 1.84. The maximum absolute atomic E-state index is 12.5. The van der Waals surface area contributed by atoms with Crippen LogP contribution in [0.5, 0.6) is 0 Å². The second-order valence-corrected chi connectivity index (χ2v) is 5.97. The van der Waals surface area contributed by atoms with Gasteiger partial charge in [-0.3, -0.25) is 9.48 Å². The van der Waals surface area contributed by atoms with Crippen LogP contribution in [0.25, 0.3) is 0 Å². The number of carbonyl (C=O) groups excluding carboxylic acids is 1. The van der Waals surface area contributed by atoms with E-state index in [0.717, 1.165) is 44.6 Å². The predicted molar refractivity (Wildman–Crippen MR) is 83.6 cm³/mol. The Hall–Kier alpha value is -2.18. The second kappa shape index (κ2) is 7.39. The second-order valence-electron chi connectivity index (χ2n) is 5.97. The van der Waals surface area contributed by atoms with Crippen LogP contribution in [0.2, 0.25) is 0 Å². The van der Waals surface area contributed by atoms with Crippen LogP contribution in [-0.2, 0) is 24.2 Å². The lowest BCUT2D eigenvalue weighted by Gasteiger charge is -2.24. The molecule has 0 unspecified atom stereocenters. The molecule has 0 aromatic carbocycles. The fraction of sp³-hybridized carbons (Fsp3) is 0.625. The van der Waals surface area contributed by atoms with E-state index in [-0.39, 0.29) is 11.9 Å². The Labute approximate surface area is 135 Å². The number of aromatic nitrogens is 4. The van der Waals surface area contributed by atoms with Crippen LogP contribution in [-0.4, -0.2) is 43.3 Å². The zero-order chi connectivity index (χ0) is 16.1. The molecule has 0 aliphatic carbocycles. The molecule has 124 valence electrons. The smallest absolute Gasteiger partial charge is 0.227 e. The topological polar surface area (TPSA) is 77.0 Å². The number of aryl methyl sites for hydroxylation is 2. The molecule has 23 heavy (non-hydrogen) atoms. The molecule has 3 rings (SSSR count). The minimum atomic E-state index is 0.162. The fourth-order valence-corrected chi connectivity index (χ4v) is 3.05. The van der Waals surface area contributed by atoms with Crippen LogP contribution >= 0.6 is 0 Å². The molecule has 0 radical (unpaired) electrons. The zero-order valence-electron chi connectivity index (χ0n) is 13.5. The Bertz CT molecular complexity index is 622. The van der Waals surface area contributed by atoms with Crippen LogP contribution in [0.15, 0.2) is 23.0 Å². The maximum Gasteiger partial charge on any atom is 0.227 e. The summed E-state index contributed by atoms with van der Waals surface area (Å²) in [6.07, 6.45) is 8.53. The van der Waals surface area contributed by atoms with Gasteiger partial charge >= 0.3 is 0 Å². The van der Waals surface area contributed by atoms with Crippen LogP contribution in [0.3, 0.4) is 0 Å². The van der Waals surface area contributed by atoms with Crippen molar-refractivity contribution in [3.63, 3.8) is 0 Å². The van der Waals surface area contributed by atoms with Gasteiger partial charge in [0.1, 0.15) is 0 Å². The number of carbonyl (C=O) groups is 1. The number of likely N-dealkylation sites (tertiary alicyclic amines) is 1. The van der Waals surface area contributed by atoms with Crippen molar-refractivity contribution in [1.29, 1.82) is 0 Å². The van der Waals surface area contributed by atoms with Crippen molar-refractivity contribution in [3.8, 4) is 0 Å². The van der Waals surface area contributed by atoms with Gasteiger partial charge in [0.2, 0.25) is 11.8 Å². The van der Waals surface area contributed by atoms with E-state index >= 15 is 0 Å². The molecule has 0 saturated carbocycles. The highest BCUT2D eigenvalue weighted by Crippen LogP contribution is 2.20. The summed E-state index contributed by atoms with van der Waals surface area (Å²) in [5, 5.41) is 8.16. The summed E-state index contributed by atoms with van der Waals surface area (Å²) in [4.78, 5) is 18.8. The van der Waals surface area contributed by atoms with E-state index in [2.05, 4.69) is 22.2 Å². The monoisotopic (exact) mass is 317 g/mol. The van der Waals surface area contributed by atoms with Crippen LogP contribution in [0, 0.1) is 0 Å². The molecule has 3 heterocycles. The molecule has 7 heteroatoms. The van der Waals surface area contributed by atoms with Crippen molar-refractivity contribution in [2.24, 2.45) is 0 Å². The Morgan fingerprint density at radius 1 is 1.43 bits per heavy atom. The molecular formula is C16H23N5O2. The number of hydrogen-bond donors (Lipinski definition) is 0. The van der Waals surface area contributed by atoms with E-state index in [4.69, 9.17) is 4.52 Å². The Kier molecular flexibility index (Phi) is 5.05. The molecule has 0 N–H and O–H groups in total. The summed E-state index contributed by atoms with van der Waals surface area (Å²) in [7, 11) is 0. The van der Waals surface area contributed by atoms with E-state index in [1.165, 1.54) is 0 Å².